The molecule has 0 fully saturated rings. The fourth-order valence-electron chi connectivity index (χ4n) is 11.5. The molecule has 0 rings (SSSR count). The molecule has 0 aliphatic carbocycles. The van der Waals surface area contributed by atoms with Gasteiger partial charge in [0.2, 0.25) is 0 Å². The number of ether oxygens (including phenoxy) is 2. The van der Waals surface area contributed by atoms with Crippen molar-refractivity contribution in [1.82, 2.24) is 0 Å². The Labute approximate surface area is 524 Å². The molecule has 0 heterocycles. The van der Waals surface area contributed by atoms with Crippen LogP contribution in [0.1, 0.15) is 399 Å². The molecular weight excluding hydrogens is 1060 g/mol. The molecule has 0 aliphatic heterocycles. The molecule has 2 atom stereocenters. The average molecular weight is 1210 g/mol. The lowest BCUT2D eigenvalue weighted by Crippen LogP contribution is -2.37. The fraction of sp³-hybridized carbons (Fsp3) is 0.946. The minimum absolute atomic E-state index is 0.0358. The van der Waals surface area contributed by atoms with Crippen LogP contribution >= 0.6 is 7.82 Å². The molecule has 0 radical (unpaired) electrons. The number of hydrogen-bond donors (Lipinski definition) is 1. The minimum atomic E-state index is -4.39. The summed E-state index contributed by atoms with van der Waals surface area (Å²) in [5.74, 6) is -0.773. The van der Waals surface area contributed by atoms with Gasteiger partial charge in [0.05, 0.1) is 27.7 Å². The van der Waals surface area contributed by atoms with Gasteiger partial charge in [-0.25, -0.2) is 4.57 Å². The third-order valence-corrected chi connectivity index (χ3v) is 18.3. The number of nitrogens with zero attached hydrogens (tertiary/aromatic N) is 1. The van der Waals surface area contributed by atoms with Crippen LogP contribution in [0.3, 0.4) is 0 Å². The number of quaternary nitrogens is 1. The molecule has 0 bridgehead atoms. The monoisotopic (exact) mass is 1210 g/mol. The number of carbonyl (C=O) groups is 2. The summed E-state index contributed by atoms with van der Waals surface area (Å²) in [6.45, 7) is 4.52. The van der Waals surface area contributed by atoms with E-state index in [0.29, 0.717) is 23.9 Å². The largest absolute Gasteiger partial charge is 0.472 e. The summed E-state index contributed by atoms with van der Waals surface area (Å²) < 4.78 is 34.8. The van der Waals surface area contributed by atoms with Crippen LogP contribution in [-0.2, 0) is 32.7 Å². The van der Waals surface area contributed by atoms with Crippen LogP contribution in [0.5, 0.6) is 0 Å². The van der Waals surface area contributed by atoms with E-state index in [9.17, 15) is 19.0 Å². The van der Waals surface area contributed by atoms with E-state index >= 15 is 0 Å². The highest BCUT2D eigenvalue weighted by Gasteiger charge is 2.27. The van der Waals surface area contributed by atoms with E-state index in [1.54, 1.807) is 0 Å². The summed E-state index contributed by atoms with van der Waals surface area (Å²) in [6.07, 6.45) is 82.1. The average Bonchev–Trinajstić information content (AvgIpc) is 3.61. The normalized spacial score (nSPS) is 13.1. The molecule has 2 unspecified atom stereocenters. The van der Waals surface area contributed by atoms with Gasteiger partial charge in [-0.3, -0.25) is 18.6 Å². The van der Waals surface area contributed by atoms with Gasteiger partial charge in [0.15, 0.2) is 6.10 Å². The lowest BCUT2D eigenvalue weighted by molar-refractivity contribution is -0.870. The Morgan fingerprint density at radius 2 is 0.607 bits per heavy atom. The van der Waals surface area contributed by atoms with E-state index < -0.39 is 26.5 Å². The highest BCUT2D eigenvalue weighted by molar-refractivity contribution is 7.47. The van der Waals surface area contributed by atoms with Crippen molar-refractivity contribution in [3.63, 3.8) is 0 Å². The molecule has 0 aromatic carbocycles. The van der Waals surface area contributed by atoms with Crippen molar-refractivity contribution in [3.05, 3.63) is 12.2 Å². The highest BCUT2D eigenvalue weighted by atomic mass is 31.2. The Hall–Kier alpha value is -1.25. The van der Waals surface area contributed by atoms with Crippen molar-refractivity contribution in [2.75, 3.05) is 47.5 Å². The number of unbranched alkanes of at least 4 members (excludes halogenated alkanes) is 55. The van der Waals surface area contributed by atoms with Crippen molar-refractivity contribution in [1.29, 1.82) is 0 Å². The van der Waals surface area contributed by atoms with E-state index in [0.717, 1.165) is 32.1 Å². The van der Waals surface area contributed by atoms with Crippen molar-refractivity contribution in [2.24, 2.45) is 0 Å². The zero-order valence-electron chi connectivity index (χ0n) is 57.2. The zero-order valence-corrected chi connectivity index (χ0v) is 58.1. The lowest BCUT2D eigenvalue weighted by atomic mass is 10.0. The van der Waals surface area contributed by atoms with Gasteiger partial charge in [0, 0.05) is 12.8 Å². The number of carbonyl (C=O) groups excluding carboxylic acids is 2. The lowest BCUT2D eigenvalue weighted by Gasteiger charge is -2.24. The summed E-state index contributed by atoms with van der Waals surface area (Å²) in [5, 5.41) is 0. The van der Waals surface area contributed by atoms with Crippen LogP contribution < -0.4 is 0 Å². The molecule has 0 saturated carbocycles. The molecule has 9 nitrogen and oxygen atoms in total. The molecule has 0 aliphatic rings. The molecule has 500 valence electrons. The second-order valence-corrected chi connectivity index (χ2v) is 28.5. The molecule has 0 saturated heterocycles. The standard InChI is InChI=1S/C74H146NO8P/c1-6-8-10-12-14-16-18-20-22-24-26-28-30-31-32-33-34-35-36-37-38-39-40-41-42-43-45-46-48-50-52-54-56-58-60-62-64-66-73(76)80-70-72(71-82-84(78,79)81-69-68-75(3,4)5)83-74(77)67-65-63-61-59-57-55-53-51-49-47-44-29-27-25-23-21-19-17-15-13-11-9-7-2/h25,27,72H,6-24,26,28-71H2,1-5H3/p+1/b27-25-. The number of hydrogen-bond acceptors (Lipinski definition) is 7. The molecular formula is C74H147NO8P+. The van der Waals surface area contributed by atoms with Gasteiger partial charge >= 0.3 is 19.8 Å². The third kappa shape index (κ3) is 69.8. The summed E-state index contributed by atoms with van der Waals surface area (Å²) >= 11 is 0. The Morgan fingerprint density at radius 3 is 0.881 bits per heavy atom. The Morgan fingerprint density at radius 1 is 0.357 bits per heavy atom. The van der Waals surface area contributed by atoms with Gasteiger partial charge in [-0.2, -0.15) is 0 Å². The van der Waals surface area contributed by atoms with Gasteiger partial charge in [-0.05, 0) is 38.5 Å². The van der Waals surface area contributed by atoms with Crippen molar-refractivity contribution in [3.8, 4) is 0 Å². The van der Waals surface area contributed by atoms with Crippen LogP contribution in [0.15, 0.2) is 12.2 Å². The van der Waals surface area contributed by atoms with Crippen LogP contribution in [0.4, 0.5) is 0 Å². The SMILES string of the molecule is CCCCCCCCCC/C=C\CCCCCCCCCCCCCC(=O)OC(COC(=O)CCCCCCCCCCCCCCCCCCCCCCCCCCCCCCCCCCCCCCC)COP(=O)(O)OCC[N+](C)(C)C. The first kappa shape index (κ1) is 82.8. The first-order valence-corrected chi connectivity index (χ1v) is 38.9. The second kappa shape index (κ2) is 66.2. The van der Waals surface area contributed by atoms with E-state index in [4.69, 9.17) is 18.5 Å². The van der Waals surface area contributed by atoms with Gasteiger partial charge in [-0.1, -0.05) is 360 Å². The maximum atomic E-state index is 12.9. The van der Waals surface area contributed by atoms with E-state index in [2.05, 4.69) is 26.0 Å². The molecule has 0 spiro atoms. The number of phosphoric ester groups is 1. The van der Waals surface area contributed by atoms with Crippen molar-refractivity contribution in [2.45, 2.75) is 405 Å². The molecule has 0 aromatic heterocycles. The topological polar surface area (TPSA) is 108 Å². The van der Waals surface area contributed by atoms with Crippen LogP contribution in [0.25, 0.3) is 0 Å². The molecule has 1 N–H and O–H groups in total. The van der Waals surface area contributed by atoms with Crippen LogP contribution in [-0.4, -0.2) is 74.9 Å². The van der Waals surface area contributed by atoms with Gasteiger partial charge in [0.1, 0.15) is 19.8 Å². The minimum Gasteiger partial charge on any atom is -0.462 e. The summed E-state index contributed by atoms with van der Waals surface area (Å²) in [7, 11) is 1.50. The quantitative estimate of drug-likeness (QED) is 0.0211. The van der Waals surface area contributed by atoms with Crippen LogP contribution in [0.2, 0.25) is 0 Å². The third-order valence-electron chi connectivity index (χ3n) is 17.3. The Kier molecular flexibility index (Phi) is 65.2. The maximum absolute atomic E-state index is 12.9. The van der Waals surface area contributed by atoms with E-state index in [1.165, 1.54) is 334 Å². The zero-order chi connectivity index (χ0) is 61.2. The predicted molar refractivity (Wildman–Crippen MR) is 363 cm³/mol. The summed E-state index contributed by atoms with van der Waals surface area (Å²) in [6, 6.07) is 0. The number of phosphoric acid groups is 1. The number of allylic oxidation sites excluding steroid dienone is 2. The molecule has 84 heavy (non-hydrogen) atoms. The van der Waals surface area contributed by atoms with Crippen molar-refractivity contribution >= 4 is 19.8 Å². The highest BCUT2D eigenvalue weighted by Crippen LogP contribution is 2.43. The summed E-state index contributed by atoms with van der Waals surface area (Å²) in [4.78, 5) is 35.9. The Bertz CT molecular complexity index is 1420. The first-order chi connectivity index (χ1) is 41.0. The number of rotatable bonds is 71. The molecule has 10 heteroatoms. The fourth-order valence-corrected chi connectivity index (χ4v) is 12.3. The smallest absolute Gasteiger partial charge is 0.462 e. The van der Waals surface area contributed by atoms with Gasteiger partial charge < -0.3 is 18.9 Å². The van der Waals surface area contributed by atoms with Gasteiger partial charge in [0.25, 0.3) is 0 Å². The van der Waals surface area contributed by atoms with Crippen molar-refractivity contribution < 1.29 is 42.1 Å². The van der Waals surface area contributed by atoms with E-state index in [-0.39, 0.29) is 25.6 Å². The van der Waals surface area contributed by atoms with Crippen LogP contribution in [0, 0.1) is 0 Å². The predicted octanol–water partition coefficient (Wildman–Crippen LogP) is 24.3. The first-order valence-electron chi connectivity index (χ1n) is 37.4. The molecule has 0 amide bonds. The maximum Gasteiger partial charge on any atom is 0.472 e. The number of esters is 2. The van der Waals surface area contributed by atoms with E-state index in [1.807, 2.05) is 21.1 Å². The second-order valence-electron chi connectivity index (χ2n) is 27.0. The van der Waals surface area contributed by atoms with Gasteiger partial charge in [-0.15, -0.1) is 0 Å². The summed E-state index contributed by atoms with van der Waals surface area (Å²) in [5.41, 5.74) is 0. The molecule has 0 aromatic rings. The number of likely N-dealkylation sites (N-methyl/N-ethyl adjacent to an activating group) is 1. The Balaban J connectivity index is 3.89.